The average Bonchev–Trinajstić information content (AvgIpc) is 2.18. The fraction of sp³-hybridized carbons (Fsp3) is 0.222. The number of benzene rings is 1. The first kappa shape index (κ1) is 9.92. The normalized spacial score (nSPS) is 9.62. The predicted molar refractivity (Wildman–Crippen MR) is 52.3 cm³/mol. The van der Waals surface area contributed by atoms with Crippen molar-refractivity contribution in [2.24, 2.45) is 5.11 Å². The molecule has 1 N–H and O–H groups in total. The minimum absolute atomic E-state index is 0.468. The number of amides is 1. The van der Waals surface area contributed by atoms with Gasteiger partial charge in [-0.1, -0.05) is 6.92 Å². The monoisotopic (exact) mass is 194 g/mol. The molecule has 13 heavy (non-hydrogen) atoms. The number of hydrogen-bond acceptors (Lipinski definition) is 3. The minimum atomic E-state index is -0.493. The number of carbonyl (C=O) groups is 1. The van der Waals surface area contributed by atoms with Gasteiger partial charge in [0.15, 0.2) is 0 Å². The maximum absolute atomic E-state index is 10.9. The number of carbonyl (C=O) groups excluding carboxylic acids is 1. The third-order valence-electron chi connectivity index (χ3n) is 1.51. The maximum atomic E-state index is 10.9. The van der Waals surface area contributed by atoms with E-state index in [1.165, 1.54) is 0 Å². The van der Waals surface area contributed by atoms with Crippen LogP contribution in [0.1, 0.15) is 17.3 Å². The Bertz CT molecular complexity index is 308. The molecule has 1 aromatic carbocycles. The quantitative estimate of drug-likeness (QED) is 0.594. The van der Waals surface area contributed by atoms with Gasteiger partial charge in [0.05, 0.1) is 0 Å². The Morgan fingerprint density at radius 1 is 1.46 bits per heavy atom. The second-order valence-electron chi connectivity index (χ2n) is 2.37. The molecule has 0 bridgehead atoms. The van der Waals surface area contributed by atoms with Crippen LogP contribution < -0.4 is 0 Å². The lowest BCUT2D eigenvalue weighted by Gasteiger charge is -1.98. The van der Waals surface area contributed by atoms with Gasteiger partial charge in [-0.25, -0.2) is 5.53 Å². The van der Waals surface area contributed by atoms with Crippen LogP contribution in [0.25, 0.3) is 0 Å². The van der Waals surface area contributed by atoms with Crippen LogP contribution in [-0.4, -0.2) is 11.7 Å². The van der Waals surface area contributed by atoms with Crippen molar-refractivity contribution in [3.05, 3.63) is 29.8 Å². The Kier molecular flexibility index (Phi) is 3.64. The summed E-state index contributed by atoms with van der Waals surface area (Å²) in [6.07, 6.45) is 0. The Morgan fingerprint density at radius 3 is 2.54 bits per heavy atom. The molecule has 0 saturated carbocycles. The fourth-order valence-corrected chi connectivity index (χ4v) is 1.59. The van der Waals surface area contributed by atoms with Crippen molar-refractivity contribution in [3.8, 4) is 0 Å². The first-order valence-electron chi connectivity index (χ1n) is 3.92. The molecule has 4 heteroatoms. The third-order valence-corrected chi connectivity index (χ3v) is 2.41. The SMILES string of the molecule is CCSc1ccc(C(=O)N=N)cc1. The Labute approximate surface area is 81.0 Å². The first-order valence-corrected chi connectivity index (χ1v) is 4.91. The Balaban J connectivity index is 2.80. The highest BCUT2D eigenvalue weighted by Crippen LogP contribution is 2.17. The molecule has 0 atom stereocenters. The lowest BCUT2D eigenvalue weighted by molar-refractivity contribution is 0.0991. The van der Waals surface area contributed by atoms with Crippen molar-refractivity contribution in [2.45, 2.75) is 11.8 Å². The number of thioether (sulfide) groups is 1. The summed E-state index contributed by atoms with van der Waals surface area (Å²) in [4.78, 5) is 12.1. The van der Waals surface area contributed by atoms with E-state index in [2.05, 4.69) is 12.0 Å². The summed E-state index contributed by atoms with van der Waals surface area (Å²) in [6.45, 7) is 2.07. The molecule has 68 valence electrons. The third kappa shape index (κ3) is 2.66. The van der Waals surface area contributed by atoms with E-state index in [0.29, 0.717) is 5.56 Å². The zero-order chi connectivity index (χ0) is 9.68. The standard InChI is InChI=1S/C9H10N2OS/c1-2-13-8-5-3-7(4-6-8)9(12)11-10/h3-6,10H,2H2,1H3. The molecule has 0 aliphatic carbocycles. The Morgan fingerprint density at radius 2 is 2.08 bits per heavy atom. The van der Waals surface area contributed by atoms with E-state index in [4.69, 9.17) is 5.53 Å². The van der Waals surface area contributed by atoms with Crippen molar-refractivity contribution in [2.75, 3.05) is 5.75 Å². The van der Waals surface area contributed by atoms with Crippen molar-refractivity contribution in [1.82, 2.24) is 0 Å². The minimum Gasteiger partial charge on any atom is -0.265 e. The van der Waals surface area contributed by atoms with E-state index in [0.717, 1.165) is 10.6 Å². The molecule has 1 amide bonds. The van der Waals surface area contributed by atoms with Crippen molar-refractivity contribution in [1.29, 1.82) is 5.53 Å². The van der Waals surface area contributed by atoms with Crippen LogP contribution in [0.4, 0.5) is 0 Å². The van der Waals surface area contributed by atoms with Crippen LogP contribution in [0.2, 0.25) is 0 Å². The van der Waals surface area contributed by atoms with Crippen molar-refractivity contribution < 1.29 is 4.79 Å². The zero-order valence-electron chi connectivity index (χ0n) is 7.28. The van der Waals surface area contributed by atoms with E-state index in [1.807, 2.05) is 12.1 Å². The molecule has 0 radical (unpaired) electrons. The van der Waals surface area contributed by atoms with E-state index in [1.54, 1.807) is 23.9 Å². The van der Waals surface area contributed by atoms with Gasteiger partial charge in [-0.2, -0.15) is 0 Å². The molecule has 0 aliphatic rings. The molecule has 0 saturated heterocycles. The van der Waals surface area contributed by atoms with Crippen LogP contribution in [0, 0.1) is 5.53 Å². The molecule has 0 aromatic heterocycles. The summed E-state index contributed by atoms with van der Waals surface area (Å²) in [5.41, 5.74) is 7.02. The van der Waals surface area contributed by atoms with Crippen LogP contribution in [0.15, 0.2) is 34.3 Å². The first-order chi connectivity index (χ1) is 6.27. The van der Waals surface area contributed by atoms with Crippen LogP contribution in [0.3, 0.4) is 0 Å². The molecule has 1 aromatic rings. The van der Waals surface area contributed by atoms with Gasteiger partial charge in [0, 0.05) is 10.5 Å². The summed E-state index contributed by atoms with van der Waals surface area (Å²) in [5.74, 6) is 0.517. The van der Waals surface area contributed by atoms with Gasteiger partial charge < -0.3 is 0 Å². The second kappa shape index (κ2) is 4.77. The number of nitrogens with zero attached hydrogens (tertiary/aromatic N) is 1. The van der Waals surface area contributed by atoms with Gasteiger partial charge in [-0.3, -0.25) is 4.79 Å². The summed E-state index contributed by atoms with van der Waals surface area (Å²) >= 11 is 1.71. The van der Waals surface area contributed by atoms with Gasteiger partial charge in [0.25, 0.3) is 5.91 Å². The largest absolute Gasteiger partial charge is 0.294 e. The molecular weight excluding hydrogens is 184 g/mol. The molecule has 0 spiro atoms. The van der Waals surface area contributed by atoms with Crippen molar-refractivity contribution >= 4 is 17.7 Å². The van der Waals surface area contributed by atoms with Gasteiger partial charge in [0.2, 0.25) is 0 Å². The summed E-state index contributed by atoms with van der Waals surface area (Å²) in [7, 11) is 0. The Hall–Kier alpha value is -1.16. The molecule has 0 unspecified atom stereocenters. The van der Waals surface area contributed by atoms with Gasteiger partial charge in [0.1, 0.15) is 0 Å². The zero-order valence-corrected chi connectivity index (χ0v) is 8.10. The molecule has 0 fully saturated rings. The van der Waals surface area contributed by atoms with E-state index >= 15 is 0 Å². The highest BCUT2D eigenvalue weighted by atomic mass is 32.2. The van der Waals surface area contributed by atoms with Crippen LogP contribution >= 0.6 is 11.8 Å². The average molecular weight is 194 g/mol. The van der Waals surface area contributed by atoms with Crippen LogP contribution in [0.5, 0.6) is 0 Å². The van der Waals surface area contributed by atoms with Crippen molar-refractivity contribution in [3.63, 3.8) is 0 Å². The number of nitrogens with one attached hydrogen (secondary N) is 1. The molecule has 0 heterocycles. The van der Waals surface area contributed by atoms with Gasteiger partial charge in [-0.05, 0) is 30.0 Å². The van der Waals surface area contributed by atoms with Gasteiger partial charge in [-0.15, -0.1) is 16.9 Å². The molecule has 0 aliphatic heterocycles. The topological polar surface area (TPSA) is 53.3 Å². The van der Waals surface area contributed by atoms with E-state index < -0.39 is 5.91 Å². The highest BCUT2D eigenvalue weighted by Gasteiger charge is 2.02. The van der Waals surface area contributed by atoms with E-state index in [-0.39, 0.29) is 0 Å². The summed E-state index contributed by atoms with van der Waals surface area (Å²) in [6, 6.07) is 7.12. The lowest BCUT2D eigenvalue weighted by atomic mass is 10.2. The predicted octanol–water partition coefficient (Wildman–Crippen LogP) is 2.97. The van der Waals surface area contributed by atoms with Gasteiger partial charge >= 0.3 is 0 Å². The summed E-state index contributed by atoms with van der Waals surface area (Å²) in [5, 5.41) is 2.84. The lowest BCUT2D eigenvalue weighted by Crippen LogP contribution is -1.91. The second-order valence-corrected chi connectivity index (χ2v) is 3.71. The molecular formula is C9H10N2OS. The maximum Gasteiger partial charge on any atom is 0.294 e. The van der Waals surface area contributed by atoms with Crippen LogP contribution in [-0.2, 0) is 0 Å². The highest BCUT2D eigenvalue weighted by molar-refractivity contribution is 7.99. The fourth-order valence-electron chi connectivity index (χ4n) is 0.925. The molecule has 3 nitrogen and oxygen atoms in total. The molecule has 1 rings (SSSR count). The number of rotatable bonds is 3. The van der Waals surface area contributed by atoms with E-state index in [9.17, 15) is 4.79 Å². The smallest absolute Gasteiger partial charge is 0.265 e. The number of hydrogen-bond donors (Lipinski definition) is 1. The summed E-state index contributed by atoms with van der Waals surface area (Å²) < 4.78 is 0.